The summed E-state index contributed by atoms with van der Waals surface area (Å²) in [7, 11) is 0. The molecule has 0 aliphatic carbocycles. The molecule has 80 valence electrons. The lowest BCUT2D eigenvalue weighted by atomic mass is 9.93. The van der Waals surface area contributed by atoms with Crippen molar-refractivity contribution in [1.29, 1.82) is 0 Å². The minimum atomic E-state index is -0.132. The van der Waals surface area contributed by atoms with Crippen molar-refractivity contribution in [1.82, 2.24) is 5.32 Å². The van der Waals surface area contributed by atoms with Gasteiger partial charge in [0.05, 0.1) is 0 Å². The second kappa shape index (κ2) is 4.57. The third-order valence-electron chi connectivity index (χ3n) is 2.67. The molecule has 0 radical (unpaired) electrons. The zero-order valence-electron chi connectivity index (χ0n) is 8.36. The number of nitrogens with one attached hydrogen (secondary N) is 1. The van der Waals surface area contributed by atoms with Crippen LogP contribution in [0.5, 0.6) is 0 Å². The van der Waals surface area contributed by atoms with Gasteiger partial charge in [0.2, 0.25) is 11.8 Å². The van der Waals surface area contributed by atoms with Gasteiger partial charge in [0.25, 0.3) is 0 Å². The van der Waals surface area contributed by atoms with Gasteiger partial charge in [-0.15, -0.1) is 11.3 Å². The summed E-state index contributed by atoms with van der Waals surface area (Å²) in [6, 6.07) is 4.10. The van der Waals surface area contributed by atoms with Crippen molar-refractivity contribution in [3.8, 4) is 0 Å². The van der Waals surface area contributed by atoms with Crippen LogP contribution < -0.4 is 5.32 Å². The third kappa shape index (κ3) is 2.65. The number of aryl methyl sites for hydroxylation is 1. The van der Waals surface area contributed by atoms with Gasteiger partial charge in [0.1, 0.15) is 0 Å². The molecule has 0 aromatic carbocycles. The molecule has 1 aliphatic rings. The van der Waals surface area contributed by atoms with Crippen LogP contribution in [0.25, 0.3) is 0 Å². The van der Waals surface area contributed by atoms with Crippen LogP contribution in [-0.4, -0.2) is 11.8 Å². The smallest absolute Gasteiger partial charge is 0.229 e. The Balaban J connectivity index is 1.85. The molecule has 0 saturated carbocycles. The number of rotatable bonds is 3. The van der Waals surface area contributed by atoms with Gasteiger partial charge < -0.3 is 0 Å². The first-order chi connectivity index (χ1) is 7.25. The van der Waals surface area contributed by atoms with Crippen LogP contribution in [0.4, 0.5) is 0 Å². The number of thiophene rings is 1. The fraction of sp³-hybridized carbons (Fsp3) is 0.455. The maximum absolute atomic E-state index is 11.4. The zero-order chi connectivity index (χ0) is 10.7. The predicted octanol–water partition coefficient (Wildman–Crippen LogP) is 1.73. The number of amides is 2. The van der Waals surface area contributed by atoms with E-state index in [9.17, 15) is 9.59 Å². The number of hydrogen-bond acceptors (Lipinski definition) is 3. The first-order valence-electron chi connectivity index (χ1n) is 5.12. The van der Waals surface area contributed by atoms with Crippen LogP contribution in [0.1, 0.15) is 24.1 Å². The number of hydrogen-bond donors (Lipinski definition) is 1. The molecule has 0 spiro atoms. The summed E-state index contributed by atoms with van der Waals surface area (Å²) >= 11 is 1.71. The molecule has 1 unspecified atom stereocenters. The standard InChI is InChI=1S/C11H13NO2S/c13-10-6-4-8(11(14)12-10)3-5-9-2-1-7-15-9/h1-2,7-8H,3-6H2,(H,12,13,14). The van der Waals surface area contributed by atoms with Crippen LogP contribution >= 0.6 is 11.3 Å². The Morgan fingerprint density at radius 1 is 1.47 bits per heavy atom. The van der Waals surface area contributed by atoms with Crippen molar-refractivity contribution < 1.29 is 9.59 Å². The highest BCUT2D eigenvalue weighted by molar-refractivity contribution is 7.09. The van der Waals surface area contributed by atoms with E-state index in [2.05, 4.69) is 11.4 Å². The molecule has 1 fully saturated rings. The fourth-order valence-electron chi connectivity index (χ4n) is 1.79. The van der Waals surface area contributed by atoms with E-state index >= 15 is 0 Å². The highest BCUT2D eigenvalue weighted by Gasteiger charge is 2.25. The van der Waals surface area contributed by atoms with Gasteiger partial charge >= 0.3 is 0 Å². The van der Waals surface area contributed by atoms with Crippen molar-refractivity contribution in [3.63, 3.8) is 0 Å². The van der Waals surface area contributed by atoms with E-state index in [1.54, 1.807) is 11.3 Å². The summed E-state index contributed by atoms with van der Waals surface area (Å²) in [5.74, 6) is -0.208. The van der Waals surface area contributed by atoms with E-state index in [0.717, 1.165) is 12.8 Å². The first kappa shape index (κ1) is 10.4. The monoisotopic (exact) mass is 223 g/mol. The van der Waals surface area contributed by atoms with Crippen molar-refractivity contribution in [3.05, 3.63) is 22.4 Å². The van der Waals surface area contributed by atoms with E-state index in [4.69, 9.17) is 0 Å². The van der Waals surface area contributed by atoms with E-state index in [1.165, 1.54) is 4.88 Å². The lowest BCUT2D eigenvalue weighted by Crippen LogP contribution is -2.40. The molecule has 0 bridgehead atoms. The summed E-state index contributed by atoms with van der Waals surface area (Å²) < 4.78 is 0. The van der Waals surface area contributed by atoms with Gasteiger partial charge in [-0.3, -0.25) is 14.9 Å². The second-order valence-electron chi connectivity index (χ2n) is 3.77. The highest BCUT2D eigenvalue weighted by Crippen LogP contribution is 2.20. The van der Waals surface area contributed by atoms with Crippen LogP contribution in [0.3, 0.4) is 0 Å². The number of piperidine rings is 1. The predicted molar refractivity (Wildman–Crippen MR) is 58.5 cm³/mol. The maximum atomic E-state index is 11.4. The number of carbonyl (C=O) groups excluding carboxylic acids is 2. The lowest BCUT2D eigenvalue weighted by molar-refractivity contribution is -0.136. The largest absolute Gasteiger partial charge is 0.296 e. The zero-order valence-corrected chi connectivity index (χ0v) is 9.18. The molecule has 4 heteroatoms. The summed E-state index contributed by atoms with van der Waals surface area (Å²) in [6.07, 6.45) is 2.97. The third-order valence-corrected chi connectivity index (χ3v) is 3.61. The van der Waals surface area contributed by atoms with Gasteiger partial charge in [-0.2, -0.15) is 0 Å². The molecule has 2 amide bonds. The van der Waals surface area contributed by atoms with Gasteiger partial charge in [-0.1, -0.05) is 6.07 Å². The number of carbonyl (C=O) groups is 2. The van der Waals surface area contributed by atoms with Crippen LogP contribution in [0.2, 0.25) is 0 Å². The molecule has 1 saturated heterocycles. The van der Waals surface area contributed by atoms with Crippen molar-refractivity contribution >= 4 is 23.2 Å². The molecule has 2 heterocycles. The minimum Gasteiger partial charge on any atom is -0.296 e. The lowest BCUT2D eigenvalue weighted by Gasteiger charge is -2.20. The fourth-order valence-corrected chi connectivity index (χ4v) is 2.51. The molecule has 1 aromatic heterocycles. The molecule has 1 aliphatic heterocycles. The summed E-state index contributed by atoms with van der Waals surface area (Å²) in [4.78, 5) is 23.7. The Morgan fingerprint density at radius 3 is 3.00 bits per heavy atom. The average Bonchev–Trinajstić information content (AvgIpc) is 2.69. The minimum absolute atomic E-state index is 0.0183. The number of imide groups is 1. The molecular weight excluding hydrogens is 210 g/mol. The van der Waals surface area contributed by atoms with E-state index in [1.807, 2.05) is 11.4 Å². The van der Waals surface area contributed by atoms with Crippen LogP contribution in [0, 0.1) is 5.92 Å². The second-order valence-corrected chi connectivity index (χ2v) is 4.80. The van der Waals surface area contributed by atoms with Crippen LogP contribution in [0.15, 0.2) is 17.5 Å². The van der Waals surface area contributed by atoms with Crippen molar-refractivity contribution in [2.24, 2.45) is 5.92 Å². The van der Waals surface area contributed by atoms with E-state index < -0.39 is 0 Å². The highest BCUT2D eigenvalue weighted by atomic mass is 32.1. The SMILES string of the molecule is O=C1CCC(CCc2cccs2)C(=O)N1. The van der Waals surface area contributed by atoms with E-state index in [0.29, 0.717) is 12.8 Å². The summed E-state index contributed by atoms with van der Waals surface area (Å²) in [5.41, 5.74) is 0. The quantitative estimate of drug-likeness (QED) is 0.793. The van der Waals surface area contributed by atoms with Crippen LogP contribution in [-0.2, 0) is 16.0 Å². The molecule has 1 aromatic rings. The van der Waals surface area contributed by atoms with Gasteiger partial charge in [-0.25, -0.2) is 0 Å². The van der Waals surface area contributed by atoms with Gasteiger partial charge in [-0.05, 0) is 30.7 Å². The van der Waals surface area contributed by atoms with Crippen molar-refractivity contribution in [2.75, 3.05) is 0 Å². The topological polar surface area (TPSA) is 46.2 Å². The molecule has 3 nitrogen and oxygen atoms in total. The summed E-state index contributed by atoms with van der Waals surface area (Å²) in [5, 5.41) is 4.43. The normalized spacial score (nSPS) is 21.5. The van der Waals surface area contributed by atoms with E-state index in [-0.39, 0.29) is 17.7 Å². The molecule has 15 heavy (non-hydrogen) atoms. The Labute approximate surface area is 92.5 Å². The Bertz CT molecular complexity index is 359. The molecule has 1 atom stereocenters. The van der Waals surface area contributed by atoms with Gasteiger partial charge in [0, 0.05) is 17.2 Å². The molecular formula is C11H13NO2S. The maximum Gasteiger partial charge on any atom is 0.229 e. The molecule has 2 rings (SSSR count). The summed E-state index contributed by atoms with van der Waals surface area (Å²) in [6.45, 7) is 0. The Morgan fingerprint density at radius 2 is 2.33 bits per heavy atom. The molecule has 1 N–H and O–H groups in total. The average molecular weight is 223 g/mol. The first-order valence-corrected chi connectivity index (χ1v) is 6.00. The Hall–Kier alpha value is -1.16. The van der Waals surface area contributed by atoms with Crippen molar-refractivity contribution in [2.45, 2.75) is 25.7 Å². The Kier molecular flexibility index (Phi) is 3.16. The van der Waals surface area contributed by atoms with Gasteiger partial charge in [0.15, 0.2) is 0 Å².